The number of carbonyl (C=O) groups excluding carboxylic acids is 1. The largest absolute Gasteiger partial charge is 0.341 e. The summed E-state index contributed by atoms with van der Waals surface area (Å²) in [6.07, 6.45) is 2.14. The second-order valence-corrected chi connectivity index (χ2v) is 5.79. The zero-order chi connectivity index (χ0) is 16.5. The van der Waals surface area contributed by atoms with E-state index in [1.807, 2.05) is 37.3 Å². The minimum atomic E-state index is -0.326. The third-order valence-corrected chi connectivity index (χ3v) is 3.96. The molecule has 0 radical (unpaired) electrons. The Morgan fingerprint density at radius 2 is 2.08 bits per heavy atom. The van der Waals surface area contributed by atoms with Gasteiger partial charge < -0.3 is 5.32 Å². The number of tetrazole rings is 1. The number of H-pyrrole nitrogens is 1. The van der Waals surface area contributed by atoms with Gasteiger partial charge in [0, 0.05) is 5.56 Å². The van der Waals surface area contributed by atoms with E-state index < -0.39 is 0 Å². The SMILES string of the molecule is C[C@H](NC(=O)c1n[nH]nc1-c1ccccc1)c1nnnn1C1CC1. The molecule has 2 N–H and O–H groups in total. The molecule has 3 aromatic rings. The number of aromatic nitrogens is 7. The summed E-state index contributed by atoms with van der Waals surface area (Å²) in [5, 5.41) is 25.3. The van der Waals surface area contributed by atoms with Crippen molar-refractivity contribution in [2.24, 2.45) is 0 Å². The number of carbonyl (C=O) groups is 1. The summed E-state index contributed by atoms with van der Waals surface area (Å²) in [5.74, 6) is 0.330. The minimum Gasteiger partial charge on any atom is -0.341 e. The summed E-state index contributed by atoms with van der Waals surface area (Å²) < 4.78 is 1.78. The fraction of sp³-hybridized carbons (Fsp3) is 0.333. The summed E-state index contributed by atoms with van der Waals surface area (Å²) in [5.41, 5.74) is 1.59. The molecule has 1 aromatic carbocycles. The van der Waals surface area contributed by atoms with Gasteiger partial charge in [-0.2, -0.15) is 15.4 Å². The minimum absolute atomic E-state index is 0.249. The van der Waals surface area contributed by atoms with Crippen molar-refractivity contribution in [1.82, 2.24) is 40.9 Å². The molecule has 1 amide bonds. The molecule has 0 saturated heterocycles. The molecule has 0 aliphatic heterocycles. The lowest BCUT2D eigenvalue weighted by Gasteiger charge is -2.12. The van der Waals surface area contributed by atoms with Crippen LogP contribution in [0.3, 0.4) is 0 Å². The van der Waals surface area contributed by atoms with Crippen LogP contribution >= 0.6 is 0 Å². The molecule has 1 saturated carbocycles. The van der Waals surface area contributed by atoms with Crippen LogP contribution in [-0.2, 0) is 0 Å². The van der Waals surface area contributed by atoms with Crippen LogP contribution in [-0.4, -0.2) is 41.5 Å². The molecule has 1 aliphatic rings. The lowest BCUT2D eigenvalue weighted by molar-refractivity contribution is 0.0933. The molecule has 9 nitrogen and oxygen atoms in total. The summed E-state index contributed by atoms with van der Waals surface area (Å²) in [4.78, 5) is 12.6. The average molecular weight is 324 g/mol. The van der Waals surface area contributed by atoms with Crippen molar-refractivity contribution in [3.05, 3.63) is 41.9 Å². The molecule has 2 aromatic heterocycles. The van der Waals surface area contributed by atoms with Crippen molar-refractivity contribution in [3.63, 3.8) is 0 Å². The van der Waals surface area contributed by atoms with Crippen LogP contribution in [0.25, 0.3) is 11.3 Å². The molecule has 24 heavy (non-hydrogen) atoms. The van der Waals surface area contributed by atoms with E-state index in [0.29, 0.717) is 17.6 Å². The summed E-state index contributed by atoms with van der Waals surface area (Å²) >= 11 is 0. The van der Waals surface area contributed by atoms with Crippen LogP contribution in [0.2, 0.25) is 0 Å². The average Bonchev–Trinajstić information content (AvgIpc) is 3.14. The van der Waals surface area contributed by atoms with Gasteiger partial charge in [0.25, 0.3) is 5.91 Å². The van der Waals surface area contributed by atoms with E-state index in [2.05, 4.69) is 36.3 Å². The van der Waals surface area contributed by atoms with Gasteiger partial charge in [0.05, 0.1) is 12.1 Å². The molecule has 9 heteroatoms. The number of nitrogens with one attached hydrogen (secondary N) is 2. The highest BCUT2D eigenvalue weighted by molar-refractivity contribution is 5.98. The van der Waals surface area contributed by atoms with Gasteiger partial charge in [-0.05, 0) is 30.2 Å². The van der Waals surface area contributed by atoms with Crippen molar-refractivity contribution in [2.45, 2.75) is 31.8 Å². The third-order valence-electron chi connectivity index (χ3n) is 3.96. The number of aromatic amines is 1. The van der Waals surface area contributed by atoms with E-state index >= 15 is 0 Å². The molecule has 1 fully saturated rings. The van der Waals surface area contributed by atoms with E-state index in [-0.39, 0.29) is 17.6 Å². The number of rotatable bonds is 5. The maximum atomic E-state index is 12.6. The first kappa shape index (κ1) is 14.5. The van der Waals surface area contributed by atoms with Crippen LogP contribution < -0.4 is 5.32 Å². The molecule has 122 valence electrons. The Balaban J connectivity index is 1.55. The molecular weight excluding hydrogens is 308 g/mol. The van der Waals surface area contributed by atoms with Crippen molar-refractivity contribution >= 4 is 5.91 Å². The van der Waals surface area contributed by atoms with Crippen molar-refractivity contribution in [3.8, 4) is 11.3 Å². The Bertz CT molecular complexity index is 851. The van der Waals surface area contributed by atoms with Crippen LogP contribution in [0.1, 0.15) is 48.2 Å². The monoisotopic (exact) mass is 324 g/mol. The van der Waals surface area contributed by atoms with E-state index in [1.165, 1.54) is 0 Å². The van der Waals surface area contributed by atoms with Crippen molar-refractivity contribution in [1.29, 1.82) is 0 Å². The molecule has 1 aliphatic carbocycles. The molecule has 2 heterocycles. The van der Waals surface area contributed by atoms with Crippen molar-refractivity contribution in [2.75, 3.05) is 0 Å². The number of hydrogen-bond acceptors (Lipinski definition) is 6. The van der Waals surface area contributed by atoms with Crippen LogP contribution in [0.5, 0.6) is 0 Å². The first-order valence-corrected chi connectivity index (χ1v) is 7.79. The topological polar surface area (TPSA) is 114 Å². The smallest absolute Gasteiger partial charge is 0.274 e. The van der Waals surface area contributed by atoms with Gasteiger partial charge >= 0.3 is 0 Å². The van der Waals surface area contributed by atoms with E-state index in [9.17, 15) is 4.79 Å². The summed E-state index contributed by atoms with van der Waals surface area (Å²) in [7, 11) is 0. The molecule has 0 spiro atoms. The summed E-state index contributed by atoms with van der Waals surface area (Å²) in [6, 6.07) is 9.46. The Kier molecular flexibility index (Phi) is 3.52. The Labute approximate surface area is 137 Å². The number of hydrogen-bond donors (Lipinski definition) is 2. The van der Waals surface area contributed by atoms with Gasteiger partial charge in [0.2, 0.25) is 0 Å². The van der Waals surface area contributed by atoms with Gasteiger partial charge in [-0.3, -0.25) is 4.79 Å². The molecule has 0 unspecified atom stereocenters. The predicted molar refractivity (Wildman–Crippen MR) is 83.8 cm³/mol. The van der Waals surface area contributed by atoms with E-state index in [0.717, 1.165) is 18.4 Å². The normalized spacial score (nSPS) is 15.2. The number of benzene rings is 1. The second-order valence-electron chi connectivity index (χ2n) is 5.79. The lowest BCUT2D eigenvalue weighted by atomic mass is 10.1. The Morgan fingerprint density at radius 3 is 2.83 bits per heavy atom. The molecule has 0 bridgehead atoms. The Hall–Kier alpha value is -3.10. The molecule has 4 rings (SSSR count). The lowest BCUT2D eigenvalue weighted by Crippen LogP contribution is -2.29. The summed E-state index contributed by atoms with van der Waals surface area (Å²) in [6.45, 7) is 1.85. The van der Waals surface area contributed by atoms with Crippen LogP contribution in [0.4, 0.5) is 0 Å². The number of amides is 1. The fourth-order valence-corrected chi connectivity index (χ4v) is 2.58. The quantitative estimate of drug-likeness (QED) is 0.731. The fourth-order valence-electron chi connectivity index (χ4n) is 2.58. The zero-order valence-electron chi connectivity index (χ0n) is 13.0. The van der Waals surface area contributed by atoms with Gasteiger partial charge in [0.15, 0.2) is 11.5 Å². The van der Waals surface area contributed by atoms with Crippen LogP contribution in [0.15, 0.2) is 30.3 Å². The predicted octanol–water partition coefficient (Wildman–Crippen LogP) is 1.28. The first-order valence-electron chi connectivity index (χ1n) is 7.79. The standard InChI is InChI=1S/C15H16N8O/c1-9(14-19-21-22-23(14)11-7-8-11)16-15(24)13-12(17-20-18-13)10-5-3-2-4-6-10/h2-6,9,11H,7-8H2,1H3,(H,16,24)(H,17,18,20)/t9-/m0/s1. The highest BCUT2D eigenvalue weighted by Gasteiger charge is 2.30. The van der Waals surface area contributed by atoms with Gasteiger partial charge in [-0.25, -0.2) is 4.68 Å². The zero-order valence-corrected chi connectivity index (χ0v) is 13.0. The highest BCUT2D eigenvalue weighted by Crippen LogP contribution is 2.35. The van der Waals surface area contributed by atoms with Gasteiger partial charge in [0.1, 0.15) is 5.69 Å². The van der Waals surface area contributed by atoms with Crippen molar-refractivity contribution < 1.29 is 4.79 Å². The maximum absolute atomic E-state index is 12.6. The van der Waals surface area contributed by atoms with E-state index in [4.69, 9.17) is 0 Å². The number of nitrogens with zero attached hydrogens (tertiary/aromatic N) is 6. The first-order chi connectivity index (χ1) is 11.7. The Morgan fingerprint density at radius 1 is 1.29 bits per heavy atom. The maximum Gasteiger partial charge on any atom is 0.274 e. The van der Waals surface area contributed by atoms with Crippen LogP contribution in [0, 0.1) is 0 Å². The van der Waals surface area contributed by atoms with Gasteiger partial charge in [-0.15, -0.1) is 5.10 Å². The van der Waals surface area contributed by atoms with E-state index in [1.54, 1.807) is 4.68 Å². The second kappa shape index (κ2) is 5.84. The molecule has 1 atom stereocenters. The highest BCUT2D eigenvalue weighted by atomic mass is 16.2. The van der Waals surface area contributed by atoms with Gasteiger partial charge in [-0.1, -0.05) is 30.3 Å². The molecular formula is C15H16N8O. The third kappa shape index (κ3) is 2.64.